The summed E-state index contributed by atoms with van der Waals surface area (Å²) >= 11 is 2.52. The summed E-state index contributed by atoms with van der Waals surface area (Å²) in [5.74, 6) is -0.150. The number of benzene rings is 1. The first-order chi connectivity index (χ1) is 14.3. The van der Waals surface area contributed by atoms with Crippen LogP contribution in [0.5, 0.6) is 0 Å². The van der Waals surface area contributed by atoms with Crippen molar-refractivity contribution < 1.29 is 13.2 Å². The third kappa shape index (κ3) is 4.28. The van der Waals surface area contributed by atoms with E-state index in [-0.39, 0.29) is 22.1 Å². The van der Waals surface area contributed by atoms with Gasteiger partial charge in [0.2, 0.25) is 16.2 Å². The van der Waals surface area contributed by atoms with Gasteiger partial charge in [0.25, 0.3) is 0 Å². The van der Waals surface area contributed by atoms with Gasteiger partial charge in [-0.1, -0.05) is 30.4 Å². The molecular weight excluding hydrogens is 438 g/mol. The van der Waals surface area contributed by atoms with Crippen LogP contribution < -0.4 is 11.1 Å². The van der Waals surface area contributed by atoms with Crippen molar-refractivity contribution in [2.75, 3.05) is 11.6 Å². The van der Waals surface area contributed by atoms with Crippen molar-refractivity contribution in [2.45, 2.75) is 22.4 Å². The van der Waals surface area contributed by atoms with Gasteiger partial charge in [-0.3, -0.25) is 10.2 Å². The standard InChI is InChI=1S/C21H21N3O3S3/c1-13-5-3-8-16(24-12-25)19(13)14-6-4-7-15(10-9-14)30(26,27)18-11-17(20(22)23)29-21(18)28-2/h3-9,11-12H,10H2,1-2H3,(H3,22,23)(H,24,25). The number of hydrogen-bond donors (Lipinski definition) is 3. The maximum absolute atomic E-state index is 13.3. The van der Waals surface area contributed by atoms with Gasteiger partial charge in [-0.05, 0) is 42.5 Å². The van der Waals surface area contributed by atoms with E-state index in [1.54, 1.807) is 24.5 Å². The molecule has 6 nitrogen and oxygen atoms in total. The SMILES string of the molecule is CSc1sc(C(=N)N)cc1S(=O)(=O)C1=CC=CC(c2c(C)cccc2NC=O)=CC1. The fourth-order valence-electron chi connectivity index (χ4n) is 3.19. The van der Waals surface area contributed by atoms with Crippen LogP contribution in [-0.2, 0) is 14.6 Å². The van der Waals surface area contributed by atoms with E-state index in [2.05, 4.69) is 5.32 Å². The van der Waals surface area contributed by atoms with Crippen LogP contribution in [0.25, 0.3) is 5.57 Å². The van der Waals surface area contributed by atoms with Crippen molar-refractivity contribution in [3.05, 3.63) is 69.5 Å². The monoisotopic (exact) mass is 459 g/mol. The number of amidine groups is 1. The minimum Gasteiger partial charge on any atom is -0.383 e. The van der Waals surface area contributed by atoms with E-state index >= 15 is 0 Å². The van der Waals surface area contributed by atoms with E-state index in [0.717, 1.165) is 16.7 Å². The van der Waals surface area contributed by atoms with Crippen molar-refractivity contribution >= 4 is 56.4 Å². The molecule has 1 aromatic heterocycles. The lowest BCUT2D eigenvalue weighted by atomic mass is 9.97. The minimum atomic E-state index is -3.75. The molecule has 156 valence electrons. The normalized spacial score (nSPS) is 13.9. The van der Waals surface area contributed by atoms with Crippen LogP contribution in [0.2, 0.25) is 0 Å². The molecule has 30 heavy (non-hydrogen) atoms. The summed E-state index contributed by atoms with van der Waals surface area (Å²) in [7, 11) is -3.75. The fraction of sp³-hybridized carbons (Fsp3) is 0.143. The molecule has 0 bridgehead atoms. The van der Waals surface area contributed by atoms with Gasteiger partial charge in [0.15, 0.2) is 0 Å². The number of aryl methyl sites for hydroxylation is 1. The molecule has 1 aliphatic rings. The van der Waals surface area contributed by atoms with Crippen LogP contribution in [0.4, 0.5) is 5.69 Å². The summed E-state index contributed by atoms with van der Waals surface area (Å²) in [5, 5.41) is 10.3. The molecule has 1 amide bonds. The first kappa shape index (κ1) is 22.1. The highest BCUT2D eigenvalue weighted by Crippen LogP contribution is 2.38. The summed E-state index contributed by atoms with van der Waals surface area (Å²) in [5.41, 5.74) is 8.88. The number of nitrogens with one attached hydrogen (secondary N) is 2. The lowest BCUT2D eigenvalue weighted by molar-refractivity contribution is -0.105. The number of allylic oxidation sites excluding steroid dienone is 6. The quantitative estimate of drug-likeness (QED) is 0.247. The molecule has 0 spiro atoms. The second-order valence-corrected chi connectivity index (χ2v) is 10.6. The third-order valence-corrected chi connectivity index (χ3v) is 9.06. The van der Waals surface area contributed by atoms with E-state index < -0.39 is 9.84 Å². The van der Waals surface area contributed by atoms with E-state index in [9.17, 15) is 13.2 Å². The number of amides is 1. The summed E-state index contributed by atoms with van der Waals surface area (Å²) in [6.07, 6.45) is 9.62. The molecule has 0 saturated carbocycles. The summed E-state index contributed by atoms with van der Waals surface area (Å²) < 4.78 is 27.3. The molecule has 9 heteroatoms. The number of carbonyl (C=O) groups is 1. The summed E-state index contributed by atoms with van der Waals surface area (Å²) in [6, 6.07) is 7.07. The molecule has 4 N–H and O–H groups in total. The molecule has 2 aromatic rings. The van der Waals surface area contributed by atoms with E-state index in [4.69, 9.17) is 11.1 Å². The first-order valence-corrected chi connectivity index (χ1v) is 12.5. The lowest BCUT2D eigenvalue weighted by Crippen LogP contribution is -2.09. The number of nitrogen functional groups attached to an aromatic ring is 1. The highest BCUT2D eigenvalue weighted by Gasteiger charge is 2.27. The Morgan fingerprint density at radius 1 is 1.37 bits per heavy atom. The van der Waals surface area contributed by atoms with E-state index in [0.29, 0.717) is 21.2 Å². The molecule has 0 radical (unpaired) electrons. The van der Waals surface area contributed by atoms with E-state index in [1.807, 2.05) is 31.2 Å². The average Bonchev–Trinajstić information content (AvgIpc) is 3.01. The maximum Gasteiger partial charge on any atom is 0.211 e. The Labute approximate surface area is 184 Å². The molecule has 0 aliphatic heterocycles. The van der Waals surface area contributed by atoms with Crippen molar-refractivity contribution in [1.82, 2.24) is 0 Å². The number of nitrogens with two attached hydrogens (primary N) is 1. The molecule has 0 unspecified atom stereocenters. The van der Waals surface area contributed by atoms with Gasteiger partial charge < -0.3 is 11.1 Å². The van der Waals surface area contributed by atoms with Crippen molar-refractivity contribution in [3.8, 4) is 0 Å². The van der Waals surface area contributed by atoms with Gasteiger partial charge in [0.05, 0.1) is 18.9 Å². The van der Waals surface area contributed by atoms with Gasteiger partial charge in [-0.25, -0.2) is 8.42 Å². The first-order valence-electron chi connectivity index (χ1n) is 8.94. The average molecular weight is 460 g/mol. The highest BCUT2D eigenvalue weighted by atomic mass is 32.2. The molecule has 1 aliphatic carbocycles. The second-order valence-electron chi connectivity index (χ2n) is 6.50. The fourth-order valence-corrected chi connectivity index (χ4v) is 7.14. The minimum absolute atomic E-state index is 0.150. The van der Waals surface area contributed by atoms with Crippen molar-refractivity contribution in [2.24, 2.45) is 5.73 Å². The third-order valence-electron chi connectivity index (χ3n) is 4.61. The van der Waals surface area contributed by atoms with Crippen LogP contribution in [0.3, 0.4) is 0 Å². The maximum atomic E-state index is 13.3. The number of carbonyl (C=O) groups excluding carboxylic acids is 1. The Hall–Kier alpha value is -2.62. The predicted octanol–water partition coefficient (Wildman–Crippen LogP) is 4.33. The smallest absolute Gasteiger partial charge is 0.211 e. The summed E-state index contributed by atoms with van der Waals surface area (Å²) in [6.45, 7) is 1.94. The van der Waals surface area contributed by atoms with Crippen LogP contribution in [0.1, 0.15) is 22.4 Å². The van der Waals surface area contributed by atoms with Gasteiger partial charge >= 0.3 is 0 Å². The largest absolute Gasteiger partial charge is 0.383 e. The van der Waals surface area contributed by atoms with Crippen LogP contribution >= 0.6 is 23.1 Å². The lowest BCUT2D eigenvalue weighted by Gasteiger charge is -2.13. The number of rotatable bonds is 7. The number of thioether (sulfide) groups is 1. The van der Waals surface area contributed by atoms with Gasteiger partial charge in [-0.15, -0.1) is 23.1 Å². The van der Waals surface area contributed by atoms with Crippen LogP contribution in [0, 0.1) is 12.3 Å². The number of anilines is 1. The van der Waals surface area contributed by atoms with Crippen LogP contribution in [0.15, 0.2) is 62.6 Å². The number of hydrogen-bond acceptors (Lipinski definition) is 6. The van der Waals surface area contributed by atoms with Crippen molar-refractivity contribution in [3.63, 3.8) is 0 Å². The zero-order valence-electron chi connectivity index (χ0n) is 16.4. The Kier molecular flexibility index (Phi) is 6.64. The Bertz CT molecular complexity index is 1210. The predicted molar refractivity (Wildman–Crippen MR) is 125 cm³/mol. The molecule has 0 saturated heterocycles. The van der Waals surface area contributed by atoms with Crippen LogP contribution in [-0.4, -0.2) is 26.9 Å². The molecule has 3 rings (SSSR count). The van der Waals surface area contributed by atoms with Gasteiger partial charge in [-0.2, -0.15) is 0 Å². The Morgan fingerprint density at radius 3 is 2.80 bits per heavy atom. The van der Waals surface area contributed by atoms with Crippen molar-refractivity contribution in [1.29, 1.82) is 5.41 Å². The highest BCUT2D eigenvalue weighted by molar-refractivity contribution is 8.02. The molecule has 1 heterocycles. The molecule has 0 atom stereocenters. The molecule has 1 aromatic carbocycles. The van der Waals surface area contributed by atoms with Gasteiger partial charge in [0, 0.05) is 17.7 Å². The topological polar surface area (TPSA) is 113 Å². The zero-order valence-corrected chi connectivity index (χ0v) is 18.9. The second kappa shape index (κ2) is 9.03. The zero-order chi connectivity index (χ0) is 21.9. The summed E-state index contributed by atoms with van der Waals surface area (Å²) in [4.78, 5) is 11.9. The Balaban J connectivity index is 2.00. The number of sulfone groups is 1. The Morgan fingerprint density at radius 2 is 2.13 bits per heavy atom. The van der Waals surface area contributed by atoms with E-state index in [1.165, 1.54) is 29.2 Å². The molecule has 0 fully saturated rings. The van der Waals surface area contributed by atoms with Gasteiger partial charge in [0.1, 0.15) is 5.84 Å². The number of thiophene rings is 1. The molecular formula is C21H21N3O3S3.